The molecule has 1 saturated heterocycles. The topological polar surface area (TPSA) is 73.7 Å². The van der Waals surface area contributed by atoms with Crippen molar-refractivity contribution in [3.8, 4) is 0 Å². The van der Waals surface area contributed by atoms with E-state index in [1.165, 1.54) is 6.20 Å². The standard InChI is InChI=1S/C12H16N2O3/c1-8(15)10-4-5-14(7-10)11-3-2-9(6-13-11)12(16)17/h2-3,6,8,10,15H,4-5,7H2,1H3,(H,16,17)/t8-,10+/m1/s1. The molecule has 1 fully saturated rings. The third kappa shape index (κ3) is 2.55. The predicted molar refractivity (Wildman–Crippen MR) is 63.2 cm³/mol. The van der Waals surface area contributed by atoms with Crippen molar-refractivity contribution >= 4 is 11.8 Å². The van der Waals surface area contributed by atoms with Crippen molar-refractivity contribution < 1.29 is 15.0 Å². The molecule has 1 aliphatic rings. The van der Waals surface area contributed by atoms with E-state index in [4.69, 9.17) is 5.11 Å². The second-order valence-electron chi connectivity index (χ2n) is 4.45. The molecule has 0 amide bonds. The van der Waals surface area contributed by atoms with E-state index in [0.29, 0.717) is 0 Å². The van der Waals surface area contributed by atoms with E-state index in [9.17, 15) is 9.90 Å². The van der Waals surface area contributed by atoms with Gasteiger partial charge in [-0.15, -0.1) is 0 Å². The van der Waals surface area contributed by atoms with Gasteiger partial charge in [0.05, 0.1) is 11.7 Å². The van der Waals surface area contributed by atoms with Crippen LogP contribution in [0.15, 0.2) is 18.3 Å². The lowest BCUT2D eigenvalue weighted by molar-refractivity contribution is 0.0696. The first-order valence-electron chi connectivity index (χ1n) is 5.70. The molecule has 0 bridgehead atoms. The average Bonchev–Trinajstić information content (AvgIpc) is 2.78. The molecule has 5 heteroatoms. The first kappa shape index (κ1) is 11.9. The number of aliphatic hydroxyl groups excluding tert-OH is 1. The maximum atomic E-state index is 10.7. The largest absolute Gasteiger partial charge is 0.478 e. The van der Waals surface area contributed by atoms with Crippen molar-refractivity contribution in [2.45, 2.75) is 19.4 Å². The van der Waals surface area contributed by atoms with Crippen molar-refractivity contribution in [2.75, 3.05) is 18.0 Å². The van der Waals surface area contributed by atoms with Gasteiger partial charge in [0.25, 0.3) is 0 Å². The zero-order valence-electron chi connectivity index (χ0n) is 9.71. The second-order valence-corrected chi connectivity index (χ2v) is 4.45. The van der Waals surface area contributed by atoms with E-state index in [1.807, 2.05) is 0 Å². The van der Waals surface area contributed by atoms with Crippen molar-refractivity contribution in [3.05, 3.63) is 23.9 Å². The summed E-state index contributed by atoms with van der Waals surface area (Å²) in [6.45, 7) is 3.43. The molecule has 0 aliphatic carbocycles. The predicted octanol–water partition coefficient (Wildman–Crippen LogP) is 0.987. The van der Waals surface area contributed by atoms with Gasteiger partial charge in [-0.1, -0.05) is 0 Å². The van der Waals surface area contributed by atoms with Gasteiger partial charge in [-0.2, -0.15) is 0 Å². The van der Waals surface area contributed by atoms with Crippen LogP contribution in [0.4, 0.5) is 5.82 Å². The fourth-order valence-corrected chi connectivity index (χ4v) is 2.09. The molecule has 2 atom stereocenters. The molecule has 17 heavy (non-hydrogen) atoms. The van der Waals surface area contributed by atoms with Gasteiger partial charge >= 0.3 is 5.97 Å². The number of pyridine rings is 1. The smallest absolute Gasteiger partial charge is 0.337 e. The van der Waals surface area contributed by atoms with Crippen LogP contribution in [0.1, 0.15) is 23.7 Å². The van der Waals surface area contributed by atoms with Crippen molar-refractivity contribution in [1.82, 2.24) is 4.98 Å². The summed E-state index contributed by atoms with van der Waals surface area (Å²) < 4.78 is 0. The normalized spacial score (nSPS) is 21.5. The number of hydrogen-bond donors (Lipinski definition) is 2. The lowest BCUT2D eigenvalue weighted by Gasteiger charge is -2.18. The monoisotopic (exact) mass is 236 g/mol. The minimum atomic E-state index is -0.965. The molecule has 0 radical (unpaired) electrons. The third-order valence-corrected chi connectivity index (χ3v) is 3.23. The highest BCUT2D eigenvalue weighted by Gasteiger charge is 2.26. The van der Waals surface area contributed by atoms with Crippen LogP contribution < -0.4 is 4.90 Å². The van der Waals surface area contributed by atoms with Gasteiger partial charge in [0, 0.05) is 25.2 Å². The summed E-state index contributed by atoms with van der Waals surface area (Å²) in [6, 6.07) is 3.27. The summed E-state index contributed by atoms with van der Waals surface area (Å²) in [6.07, 6.45) is 2.01. The molecule has 5 nitrogen and oxygen atoms in total. The van der Waals surface area contributed by atoms with Crippen LogP contribution in [0.3, 0.4) is 0 Å². The van der Waals surface area contributed by atoms with Crippen molar-refractivity contribution in [2.24, 2.45) is 5.92 Å². The van der Waals surface area contributed by atoms with Gasteiger partial charge in [0.2, 0.25) is 0 Å². The van der Waals surface area contributed by atoms with Gasteiger partial charge in [0.1, 0.15) is 5.82 Å². The molecule has 0 unspecified atom stereocenters. The highest BCUT2D eigenvalue weighted by atomic mass is 16.4. The third-order valence-electron chi connectivity index (χ3n) is 3.23. The van der Waals surface area contributed by atoms with Crippen LogP contribution in [0.25, 0.3) is 0 Å². The van der Waals surface area contributed by atoms with E-state index in [2.05, 4.69) is 9.88 Å². The van der Waals surface area contributed by atoms with Gasteiger partial charge in [-0.05, 0) is 25.5 Å². The number of aliphatic hydroxyl groups is 1. The van der Waals surface area contributed by atoms with Gasteiger partial charge < -0.3 is 15.1 Å². The van der Waals surface area contributed by atoms with Crippen LogP contribution in [0, 0.1) is 5.92 Å². The Morgan fingerprint density at radius 2 is 2.35 bits per heavy atom. The number of hydrogen-bond acceptors (Lipinski definition) is 4. The summed E-state index contributed by atoms with van der Waals surface area (Å²) in [5.41, 5.74) is 0.194. The summed E-state index contributed by atoms with van der Waals surface area (Å²) >= 11 is 0. The first-order valence-corrected chi connectivity index (χ1v) is 5.70. The van der Waals surface area contributed by atoms with Crippen molar-refractivity contribution in [1.29, 1.82) is 0 Å². The number of aromatic carboxylic acids is 1. The number of carbonyl (C=O) groups is 1. The van der Waals surface area contributed by atoms with Crippen LogP contribution in [0.5, 0.6) is 0 Å². The summed E-state index contributed by atoms with van der Waals surface area (Å²) in [5, 5.41) is 18.3. The Bertz CT molecular complexity index is 403. The number of rotatable bonds is 3. The lowest BCUT2D eigenvalue weighted by atomic mass is 10.0. The Morgan fingerprint density at radius 3 is 2.82 bits per heavy atom. The Labute approximate surface area is 99.7 Å². The van der Waals surface area contributed by atoms with Gasteiger partial charge in [0.15, 0.2) is 0 Å². The molecule has 2 rings (SSSR count). The molecule has 0 spiro atoms. The Balaban J connectivity index is 2.06. The quantitative estimate of drug-likeness (QED) is 0.818. The number of carboxylic acid groups (broad SMARTS) is 1. The summed E-state index contributed by atoms with van der Waals surface area (Å²) in [4.78, 5) is 16.9. The fraction of sp³-hybridized carbons (Fsp3) is 0.500. The van der Waals surface area contributed by atoms with Crippen LogP contribution in [0.2, 0.25) is 0 Å². The molecular formula is C12H16N2O3. The van der Waals surface area contributed by atoms with E-state index >= 15 is 0 Å². The van der Waals surface area contributed by atoms with Crippen LogP contribution in [-0.4, -0.2) is 40.4 Å². The SMILES string of the molecule is C[C@@H](O)[C@H]1CCN(c2ccc(C(=O)O)cn2)C1. The highest BCUT2D eigenvalue weighted by molar-refractivity contribution is 5.87. The number of aromatic nitrogens is 1. The van der Waals surface area contributed by atoms with E-state index < -0.39 is 5.97 Å². The summed E-state index contributed by atoms with van der Waals surface area (Å²) in [7, 11) is 0. The zero-order chi connectivity index (χ0) is 12.4. The van der Waals surface area contributed by atoms with Crippen LogP contribution >= 0.6 is 0 Å². The molecule has 1 aromatic heterocycles. The first-order chi connectivity index (χ1) is 8.08. The number of nitrogens with zero attached hydrogens (tertiary/aromatic N) is 2. The van der Waals surface area contributed by atoms with E-state index in [1.54, 1.807) is 19.1 Å². The lowest BCUT2D eigenvalue weighted by Crippen LogP contribution is -2.24. The number of anilines is 1. The molecule has 0 saturated carbocycles. The van der Waals surface area contributed by atoms with Crippen molar-refractivity contribution in [3.63, 3.8) is 0 Å². The second kappa shape index (κ2) is 4.71. The van der Waals surface area contributed by atoms with Gasteiger partial charge in [-0.3, -0.25) is 0 Å². The molecule has 2 N–H and O–H groups in total. The van der Waals surface area contributed by atoms with E-state index in [0.717, 1.165) is 25.3 Å². The zero-order valence-corrected chi connectivity index (χ0v) is 9.71. The maximum absolute atomic E-state index is 10.7. The summed E-state index contributed by atoms with van der Waals surface area (Å²) in [5.74, 6) is 0.0847. The Morgan fingerprint density at radius 1 is 1.59 bits per heavy atom. The minimum Gasteiger partial charge on any atom is -0.478 e. The Hall–Kier alpha value is -1.62. The number of carboxylic acids is 1. The molecule has 92 valence electrons. The molecule has 1 aliphatic heterocycles. The minimum absolute atomic E-state index is 0.194. The van der Waals surface area contributed by atoms with E-state index in [-0.39, 0.29) is 17.6 Å². The van der Waals surface area contributed by atoms with Gasteiger partial charge in [-0.25, -0.2) is 9.78 Å². The van der Waals surface area contributed by atoms with Crippen LogP contribution in [-0.2, 0) is 0 Å². The maximum Gasteiger partial charge on any atom is 0.337 e. The molecule has 2 heterocycles. The Kier molecular flexibility index (Phi) is 3.28. The molecule has 0 aromatic carbocycles. The average molecular weight is 236 g/mol. The molecule has 1 aromatic rings. The highest BCUT2D eigenvalue weighted by Crippen LogP contribution is 2.24. The fourth-order valence-electron chi connectivity index (χ4n) is 2.09. The molecular weight excluding hydrogens is 220 g/mol.